The van der Waals surface area contributed by atoms with Crippen molar-refractivity contribution < 1.29 is 53.5 Å². The van der Waals surface area contributed by atoms with E-state index in [0.29, 0.717) is 0 Å². The van der Waals surface area contributed by atoms with Crippen molar-refractivity contribution in [3.63, 3.8) is 0 Å². The zero-order valence-electron chi connectivity index (χ0n) is 19.1. The maximum absolute atomic E-state index is 12.5. The predicted molar refractivity (Wildman–Crippen MR) is 129 cm³/mol. The smallest absolute Gasteiger partial charge is 0.346 e. The van der Waals surface area contributed by atoms with Crippen LogP contribution in [-0.4, -0.2) is 72.7 Å². The van der Waals surface area contributed by atoms with Crippen LogP contribution in [0.15, 0.2) is 36.4 Å². The first-order valence-electron chi connectivity index (χ1n) is 11.1. The molecule has 5 rings (SSSR count). The molecular weight excluding hydrogens is 504 g/mol. The zero-order chi connectivity index (χ0) is 27.1. The summed E-state index contributed by atoms with van der Waals surface area (Å²) in [6, 6.07) is 5.34. The second-order valence-corrected chi connectivity index (χ2v) is 8.42. The first-order valence-corrected chi connectivity index (χ1v) is 11.1. The molecule has 14 heteroatoms. The molecular formula is C24H24N4O10. The molecule has 0 saturated carbocycles. The molecule has 0 bridgehead atoms. The Hall–Kier alpha value is -5.40. The summed E-state index contributed by atoms with van der Waals surface area (Å²) in [6.07, 6.45) is 0. The molecule has 3 heterocycles. The van der Waals surface area contributed by atoms with E-state index < -0.39 is 59.6 Å². The number of cyclic esters (lactones) is 4. The van der Waals surface area contributed by atoms with E-state index in [1.807, 2.05) is 0 Å². The highest BCUT2D eigenvalue weighted by atomic mass is 16.6. The highest BCUT2D eigenvalue weighted by Gasteiger charge is 2.35. The number of rotatable bonds is 6. The lowest BCUT2D eigenvalue weighted by Crippen LogP contribution is -2.66. The van der Waals surface area contributed by atoms with Gasteiger partial charge in [-0.1, -0.05) is 0 Å². The van der Waals surface area contributed by atoms with Crippen LogP contribution in [-0.2, 0) is 19.1 Å². The van der Waals surface area contributed by atoms with Crippen LogP contribution in [0, 0.1) is 0 Å². The summed E-state index contributed by atoms with van der Waals surface area (Å²) in [7, 11) is 0. The fourth-order valence-corrected chi connectivity index (χ4v) is 4.01. The fourth-order valence-electron chi connectivity index (χ4n) is 4.01. The molecule has 3 aliphatic heterocycles. The van der Waals surface area contributed by atoms with Gasteiger partial charge < -0.3 is 30.7 Å². The molecule has 1 fully saturated rings. The lowest BCUT2D eigenvalue weighted by atomic mass is 10.0. The summed E-state index contributed by atoms with van der Waals surface area (Å²) >= 11 is 0. The molecule has 2 aromatic rings. The van der Waals surface area contributed by atoms with Crippen molar-refractivity contribution in [1.29, 1.82) is 0 Å². The van der Waals surface area contributed by atoms with Gasteiger partial charge >= 0.3 is 23.9 Å². The largest absolute Gasteiger partial charge is 0.386 e. The molecule has 38 heavy (non-hydrogen) atoms. The van der Waals surface area contributed by atoms with Gasteiger partial charge in [0.15, 0.2) is 0 Å². The van der Waals surface area contributed by atoms with Gasteiger partial charge in [0.25, 0.3) is 11.8 Å². The van der Waals surface area contributed by atoms with Crippen molar-refractivity contribution >= 4 is 47.5 Å². The number of piperazine rings is 1. The topological polar surface area (TPSA) is 203 Å². The maximum Gasteiger partial charge on any atom is 0.346 e. The molecule has 200 valence electrons. The van der Waals surface area contributed by atoms with Gasteiger partial charge in [-0.15, -0.1) is 0 Å². The van der Waals surface area contributed by atoms with Crippen molar-refractivity contribution in [2.45, 2.75) is 12.1 Å². The minimum absolute atomic E-state index is 0. The summed E-state index contributed by atoms with van der Waals surface area (Å²) in [5, 5.41) is 9.84. The van der Waals surface area contributed by atoms with Gasteiger partial charge in [0.05, 0.1) is 22.3 Å². The third kappa shape index (κ3) is 4.34. The molecule has 2 atom stereocenters. The van der Waals surface area contributed by atoms with Gasteiger partial charge in [-0.3, -0.25) is 19.2 Å². The standard InChI is InChI=1S/C24H16N4O10.4H2/c29-17(9-1-3-11-13(5-9)23(35)37-21(11)33)25-7-15-19(31)28-16(20(32)27-15)8-26-18(30)10-2-4-12-14(6-10)24(36)38-22(12)34;;;;/h1-6,15-16H,7-8H2,(H,25,29)(H,26,30)(H,27,32)(H,28,31);4*1H. The van der Waals surface area contributed by atoms with Gasteiger partial charge in [0.1, 0.15) is 12.1 Å². The monoisotopic (exact) mass is 528 g/mol. The zero-order valence-corrected chi connectivity index (χ0v) is 19.1. The maximum atomic E-state index is 12.5. The van der Waals surface area contributed by atoms with Gasteiger partial charge in [-0.2, -0.15) is 0 Å². The van der Waals surface area contributed by atoms with Crippen molar-refractivity contribution in [2.75, 3.05) is 13.1 Å². The van der Waals surface area contributed by atoms with Crippen molar-refractivity contribution in [1.82, 2.24) is 21.3 Å². The van der Waals surface area contributed by atoms with Crippen LogP contribution < -0.4 is 21.3 Å². The molecule has 0 aromatic heterocycles. The van der Waals surface area contributed by atoms with Crippen LogP contribution in [0.3, 0.4) is 0 Å². The van der Waals surface area contributed by atoms with Gasteiger partial charge in [0.2, 0.25) is 11.8 Å². The second kappa shape index (κ2) is 9.24. The van der Waals surface area contributed by atoms with Crippen molar-refractivity contribution in [3.05, 3.63) is 69.8 Å². The van der Waals surface area contributed by atoms with E-state index >= 15 is 0 Å². The van der Waals surface area contributed by atoms with Gasteiger partial charge in [-0.05, 0) is 36.4 Å². The average molecular weight is 528 g/mol. The number of benzene rings is 2. The van der Waals surface area contributed by atoms with E-state index in [-0.39, 0.29) is 52.2 Å². The van der Waals surface area contributed by atoms with E-state index in [0.717, 1.165) is 0 Å². The van der Waals surface area contributed by atoms with Crippen LogP contribution in [0.5, 0.6) is 0 Å². The Bertz CT molecular complexity index is 1400. The molecule has 0 radical (unpaired) electrons. The van der Waals surface area contributed by atoms with Crippen molar-refractivity contribution in [3.8, 4) is 0 Å². The first-order chi connectivity index (χ1) is 18.1. The number of carbonyl (C=O) groups excluding carboxylic acids is 8. The van der Waals surface area contributed by atoms with E-state index in [2.05, 4.69) is 30.7 Å². The molecule has 1 saturated heterocycles. The third-order valence-electron chi connectivity index (χ3n) is 6.01. The molecule has 4 amide bonds. The predicted octanol–water partition coefficient (Wildman–Crippen LogP) is -0.565. The molecule has 0 aliphatic carbocycles. The minimum Gasteiger partial charge on any atom is -0.386 e. The normalized spacial score (nSPS) is 19.6. The summed E-state index contributed by atoms with van der Waals surface area (Å²) in [4.78, 5) is 96.3. The number of carbonyl (C=O) groups is 8. The summed E-state index contributed by atoms with van der Waals surface area (Å²) < 4.78 is 8.95. The number of ether oxygens (including phenoxy) is 2. The van der Waals surface area contributed by atoms with Crippen LogP contribution >= 0.6 is 0 Å². The van der Waals surface area contributed by atoms with Crippen molar-refractivity contribution in [2.24, 2.45) is 0 Å². The van der Waals surface area contributed by atoms with Gasteiger partial charge in [0, 0.05) is 29.9 Å². The Labute approximate surface area is 218 Å². The molecule has 3 aliphatic rings. The lowest BCUT2D eigenvalue weighted by Gasteiger charge is -2.29. The number of amides is 4. The molecule has 2 aromatic carbocycles. The number of hydrogen-bond acceptors (Lipinski definition) is 10. The quantitative estimate of drug-likeness (QED) is 0.278. The average Bonchev–Trinajstić information content (AvgIpc) is 3.35. The second-order valence-electron chi connectivity index (χ2n) is 8.42. The van der Waals surface area contributed by atoms with E-state index in [1.54, 1.807) is 0 Å². The number of hydrogen-bond donors (Lipinski definition) is 4. The van der Waals surface area contributed by atoms with Gasteiger partial charge in [-0.25, -0.2) is 19.2 Å². The highest BCUT2D eigenvalue weighted by Crippen LogP contribution is 2.22. The van der Waals surface area contributed by atoms with Crippen LogP contribution in [0.1, 0.15) is 67.9 Å². The summed E-state index contributed by atoms with van der Waals surface area (Å²) in [6.45, 7) is -0.556. The Balaban J connectivity index is 0.00000220. The first kappa shape index (κ1) is 24.3. The minimum atomic E-state index is -1.11. The SMILES string of the molecule is O=C(NCC1NC(=O)C(CNC(=O)c2ccc3c(c2)C(=O)OC3=O)NC1=O)c1ccc2c(c1)C(=O)OC2=O.[HH].[HH].[HH].[HH]. The Morgan fingerprint density at radius 1 is 0.632 bits per heavy atom. The highest BCUT2D eigenvalue weighted by molar-refractivity contribution is 6.16. The Kier molecular flexibility index (Phi) is 5.91. The molecule has 0 spiro atoms. The Morgan fingerprint density at radius 3 is 1.39 bits per heavy atom. The summed E-state index contributed by atoms with van der Waals surface area (Å²) in [5.41, 5.74) is 0.0642. The van der Waals surface area contributed by atoms with Crippen LogP contribution in [0.2, 0.25) is 0 Å². The fraction of sp³-hybridized carbons (Fsp3) is 0.167. The molecule has 4 N–H and O–H groups in total. The van der Waals surface area contributed by atoms with E-state index in [1.165, 1.54) is 36.4 Å². The Morgan fingerprint density at radius 2 is 1.00 bits per heavy atom. The lowest BCUT2D eigenvalue weighted by molar-refractivity contribution is -0.136. The third-order valence-corrected chi connectivity index (χ3v) is 6.01. The van der Waals surface area contributed by atoms with E-state index in [9.17, 15) is 38.4 Å². The summed E-state index contributed by atoms with van der Waals surface area (Å²) in [5.74, 6) is -5.91. The van der Waals surface area contributed by atoms with E-state index in [4.69, 9.17) is 0 Å². The number of nitrogens with one attached hydrogen (secondary N) is 4. The molecule has 14 nitrogen and oxygen atoms in total. The number of fused-ring (bicyclic) bond motifs is 2. The number of esters is 4. The van der Waals surface area contributed by atoms with Crippen LogP contribution in [0.25, 0.3) is 0 Å². The van der Waals surface area contributed by atoms with Crippen LogP contribution in [0.4, 0.5) is 0 Å². The molecule has 2 unspecified atom stereocenters.